The van der Waals surface area contributed by atoms with E-state index < -0.39 is 5.41 Å². The van der Waals surface area contributed by atoms with Crippen LogP contribution in [0, 0.1) is 11.3 Å². The van der Waals surface area contributed by atoms with Crippen LogP contribution in [0.25, 0.3) is 0 Å². The molecule has 0 aliphatic heterocycles. The van der Waals surface area contributed by atoms with E-state index >= 15 is 0 Å². The average molecular weight is 280 g/mol. The Kier molecular flexibility index (Phi) is 3.89. The van der Waals surface area contributed by atoms with E-state index in [1.807, 2.05) is 13.2 Å². The molecule has 1 aromatic rings. The Balaban J connectivity index is 1.85. The van der Waals surface area contributed by atoms with Crippen molar-refractivity contribution in [2.45, 2.75) is 26.2 Å². The van der Waals surface area contributed by atoms with Gasteiger partial charge in [0.15, 0.2) is 0 Å². The molecular weight excluding hydrogens is 260 g/mol. The first kappa shape index (κ1) is 14.0. The minimum absolute atomic E-state index is 0.0259. The van der Waals surface area contributed by atoms with E-state index in [1.165, 1.54) is 0 Å². The summed E-state index contributed by atoms with van der Waals surface area (Å²) in [5.74, 6) is 0.493. The molecule has 6 heteroatoms. The van der Waals surface area contributed by atoms with Crippen molar-refractivity contribution in [3.05, 3.63) is 18.0 Å². The number of nitrogens with one attached hydrogen (secondary N) is 1. The lowest BCUT2D eigenvalue weighted by atomic mass is 9.62. The molecule has 2 rings (SSSR count). The predicted octanol–water partition coefficient (Wildman–Crippen LogP) is 0.781. The quantitative estimate of drug-likeness (QED) is 0.782. The van der Waals surface area contributed by atoms with Crippen LogP contribution in [0.15, 0.2) is 12.4 Å². The summed E-state index contributed by atoms with van der Waals surface area (Å²) < 4.78 is 1.75. The molecular formula is C13H20N4OS. The molecule has 1 saturated carbocycles. The number of nitrogens with two attached hydrogens (primary N) is 1. The van der Waals surface area contributed by atoms with Gasteiger partial charge in [0, 0.05) is 19.8 Å². The van der Waals surface area contributed by atoms with Crippen LogP contribution < -0.4 is 11.1 Å². The first-order valence-corrected chi connectivity index (χ1v) is 6.90. The summed E-state index contributed by atoms with van der Waals surface area (Å²) in [5, 5.41) is 7.03. The minimum Gasteiger partial charge on any atom is -0.392 e. The Morgan fingerprint density at radius 1 is 1.68 bits per heavy atom. The monoisotopic (exact) mass is 280 g/mol. The maximum absolute atomic E-state index is 12.2. The Morgan fingerprint density at radius 2 is 2.37 bits per heavy atom. The second-order valence-corrected chi connectivity index (χ2v) is 5.93. The molecule has 1 aliphatic rings. The molecule has 0 spiro atoms. The molecule has 0 atom stereocenters. The molecule has 1 heterocycles. The molecule has 19 heavy (non-hydrogen) atoms. The fourth-order valence-corrected chi connectivity index (χ4v) is 2.98. The van der Waals surface area contributed by atoms with Gasteiger partial charge in [0.1, 0.15) is 0 Å². The van der Waals surface area contributed by atoms with Crippen molar-refractivity contribution < 1.29 is 4.79 Å². The zero-order valence-corrected chi connectivity index (χ0v) is 12.2. The topological polar surface area (TPSA) is 72.9 Å². The van der Waals surface area contributed by atoms with Gasteiger partial charge in [-0.3, -0.25) is 9.48 Å². The average Bonchev–Trinajstić information content (AvgIpc) is 2.70. The fourth-order valence-electron chi connectivity index (χ4n) is 2.72. The number of hydrogen-bond donors (Lipinski definition) is 2. The van der Waals surface area contributed by atoms with E-state index in [4.69, 9.17) is 18.0 Å². The maximum Gasteiger partial charge on any atom is 0.233 e. The molecule has 104 valence electrons. The summed E-state index contributed by atoms with van der Waals surface area (Å²) in [6.07, 6.45) is 6.05. The van der Waals surface area contributed by atoms with Crippen molar-refractivity contribution in [1.82, 2.24) is 15.1 Å². The lowest BCUT2D eigenvalue weighted by molar-refractivity contribution is -0.132. The highest BCUT2D eigenvalue weighted by Crippen LogP contribution is 2.45. The second kappa shape index (κ2) is 5.28. The smallest absolute Gasteiger partial charge is 0.233 e. The number of thiocarbonyl (C=S) groups is 1. The summed E-state index contributed by atoms with van der Waals surface area (Å²) in [4.78, 5) is 12.6. The van der Waals surface area contributed by atoms with Gasteiger partial charge in [-0.05, 0) is 30.7 Å². The summed E-state index contributed by atoms with van der Waals surface area (Å²) in [5.41, 5.74) is 6.24. The zero-order valence-electron chi connectivity index (χ0n) is 11.3. The van der Waals surface area contributed by atoms with Crippen LogP contribution in [0.2, 0.25) is 0 Å². The second-order valence-electron chi connectivity index (χ2n) is 5.49. The van der Waals surface area contributed by atoms with Crippen molar-refractivity contribution >= 4 is 23.1 Å². The minimum atomic E-state index is -0.607. The molecule has 0 radical (unpaired) electrons. The molecule has 1 amide bonds. The van der Waals surface area contributed by atoms with Gasteiger partial charge >= 0.3 is 0 Å². The molecule has 1 aliphatic carbocycles. The highest BCUT2D eigenvalue weighted by atomic mass is 32.1. The number of aryl methyl sites for hydroxylation is 1. The van der Waals surface area contributed by atoms with Crippen LogP contribution in [0.3, 0.4) is 0 Å². The molecule has 0 unspecified atom stereocenters. The third kappa shape index (κ3) is 2.78. The highest BCUT2D eigenvalue weighted by Gasteiger charge is 2.50. The lowest BCUT2D eigenvalue weighted by Crippen LogP contribution is -2.56. The van der Waals surface area contributed by atoms with Crippen molar-refractivity contribution in [3.8, 4) is 0 Å². The number of carbonyl (C=O) groups is 1. The highest BCUT2D eigenvalue weighted by molar-refractivity contribution is 7.80. The summed E-state index contributed by atoms with van der Waals surface area (Å²) in [7, 11) is 1.87. The van der Waals surface area contributed by atoms with Gasteiger partial charge < -0.3 is 11.1 Å². The third-order valence-corrected chi connectivity index (χ3v) is 4.15. The van der Waals surface area contributed by atoms with Crippen LogP contribution in [-0.2, 0) is 18.3 Å². The molecule has 1 fully saturated rings. The van der Waals surface area contributed by atoms with E-state index in [1.54, 1.807) is 10.9 Å². The maximum atomic E-state index is 12.2. The number of hydrogen-bond acceptors (Lipinski definition) is 3. The number of nitrogens with zero attached hydrogens (tertiary/aromatic N) is 2. The molecule has 5 nitrogen and oxygen atoms in total. The normalized spacial score (nSPS) is 25.7. The van der Waals surface area contributed by atoms with Gasteiger partial charge in [-0.2, -0.15) is 5.10 Å². The first-order valence-electron chi connectivity index (χ1n) is 6.50. The lowest BCUT2D eigenvalue weighted by Gasteiger charge is -2.44. The van der Waals surface area contributed by atoms with Crippen LogP contribution in [-0.4, -0.2) is 27.2 Å². The van der Waals surface area contributed by atoms with Gasteiger partial charge in [-0.25, -0.2) is 0 Å². The van der Waals surface area contributed by atoms with Crippen molar-refractivity contribution in [1.29, 1.82) is 0 Å². The standard InChI is InChI=1S/C13H20N4OS/c1-9-5-13(6-9,11(14)19)12(18)15-4-3-10-7-16-17(2)8-10/h7-9H,3-6H2,1-2H3,(H2,14,19)(H,15,18). The van der Waals surface area contributed by atoms with Crippen LogP contribution in [0.5, 0.6) is 0 Å². The van der Waals surface area contributed by atoms with Crippen molar-refractivity contribution in [3.63, 3.8) is 0 Å². The van der Waals surface area contributed by atoms with E-state index in [0.717, 1.165) is 24.8 Å². The van der Waals surface area contributed by atoms with E-state index in [0.29, 0.717) is 17.5 Å². The largest absolute Gasteiger partial charge is 0.392 e. The molecule has 1 aromatic heterocycles. The SMILES string of the molecule is CC1CC(C(=O)NCCc2cnn(C)c2)(C(N)=S)C1. The molecule has 0 aromatic carbocycles. The predicted molar refractivity (Wildman–Crippen MR) is 77.5 cm³/mol. The molecule has 3 N–H and O–H groups in total. The Morgan fingerprint density at radius 3 is 2.84 bits per heavy atom. The van der Waals surface area contributed by atoms with Crippen molar-refractivity contribution in [2.24, 2.45) is 24.1 Å². The third-order valence-electron chi connectivity index (χ3n) is 3.76. The van der Waals surface area contributed by atoms with Crippen LogP contribution in [0.4, 0.5) is 0 Å². The Labute approximate surface area is 118 Å². The van der Waals surface area contributed by atoms with Crippen LogP contribution >= 0.6 is 12.2 Å². The van der Waals surface area contributed by atoms with Gasteiger partial charge in [0.05, 0.1) is 16.6 Å². The zero-order chi connectivity index (χ0) is 14.0. The van der Waals surface area contributed by atoms with Gasteiger partial charge in [-0.1, -0.05) is 19.1 Å². The number of aromatic nitrogens is 2. The van der Waals surface area contributed by atoms with E-state index in [9.17, 15) is 4.79 Å². The first-order chi connectivity index (χ1) is 8.94. The van der Waals surface area contributed by atoms with Crippen molar-refractivity contribution in [2.75, 3.05) is 6.54 Å². The Hall–Kier alpha value is -1.43. The van der Waals surface area contributed by atoms with Gasteiger partial charge in [0.25, 0.3) is 0 Å². The van der Waals surface area contributed by atoms with Crippen LogP contribution in [0.1, 0.15) is 25.3 Å². The van der Waals surface area contributed by atoms with Gasteiger partial charge in [-0.15, -0.1) is 0 Å². The fraction of sp³-hybridized carbons (Fsp3) is 0.615. The number of carbonyl (C=O) groups excluding carboxylic acids is 1. The molecule has 0 bridgehead atoms. The van der Waals surface area contributed by atoms with E-state index in [2.05, 4.69) is 17.3 Å². The summed E-state index contributed by atoms with van der Waals surface area (Å²) in [6.45, 7) is 2.70. The molecule has 0 saturated heterocycles. The summed E-state index contributed by atoms with van der Waals surface area (Å²) in [6, 6.07) is 0. The van der Waals surface area contributed by atoms with Gasteiger partial charge in [0.2, 0.25) is 5.91 Å². The summed E-state index contributed by atoms with van der Waals surface area (Å²) >= 11 is 5.06. The Bertz CT molecular complexity index is 491. The number of rotatable bonds is 5. The number of amides is 1. The van der Waals surface area contributed by atoms with E-state index in [-0.39, 0.29) is 5.91 Å².